The molecule has 9 heteroatoms. The number of hydrogen-bond acceptors (Lipinski definition) is 6. The summed E-state index contributed by atoms with van der Waals surface area (Å²) in [5, 5.41) is 3.41. The molecular weight excluding hydrogens is 436 g/mol. The molecule has 4 aromatic rings. The highest BCUT2D eigenvalue weighted by Crippen LogP contribution is 2.31. The number of benzene rings is 2. The fraction of sp³-hybridized carbons (Fsp3) is 0.360. The molecule has 0 aliphatic heterocycles. The number of amides is 1. The zero-order chi connectivity index (χ0) is 23.8. The van der Waals surface area contributed by atoms with E-state index in [0.717, 1.165) is 12.8 Å². The topological polar surface area (TPSA) is 119 Å². The molecule has 1 amide bonds. The fourth-order valence-electron chi connectivity index (χ4n) is 4.75. The number of hydrogen-bond donors (Lipinski definition) is 2. The number of aromatic amines is 1. The van der Waals surface area contributed by atoms with Crippen molar-refractivity contribution in [1.82, 2.24) is 14.5 Å². The largest absolute Gasteiger partial charge is 0.497 e. The Morgan fingerprint density at radius 2 is 1.97 bits per heavy atom. The van der Waals surface area contributed by atoms with Crippen LogP contribution in [0.25, 0.3) is 22.0 Å². The lowest BCUT2D eigenvalue weighted by atomic mass is 9.81. The molecule has 5 rings (SSSR count). The Labute approximate surface area is 194 Å². The first-order valence-electron chi connectivity index (χ1n) is 11.4. The molecule has 0 saturated heterocycles. The summed E-state index contributed by atoms with van der Waals surface area (Å²) in [5.74, 6) is 1.17. The summed E-state index contributed by atoms with van der Waals surface area (Å²) in [6.07, 6.45) is 2.94. The van der Waals surface area contributed by atoms with Gasteiger partial charge < -0.3 is 19.5 Å². The average Bonchev–Trinajstić information content (AvgIpc) is 3.21. The summed E-state index contributed by atoms with van der Waals surface area (Å²) in [6, 6.07) is 10.4. The third-order valence-electron chi connectivity index (χ3n) is 6.61. The molecule has 34 heavy (non-hydrogen) atoms. The number of ether oxygens (including phenoxy) is 1. The molecule has 2 aromatic heterocycles. The van der Waals surface area contributed by atoms with Gasteiger partial charge in [0.1, 0.15) is 11.3 Å². The van der Waals surface area contributed by atoms with Crippen LogP contribution in [0.3, 0.4) is 0 Å². The number of anilines is 1. The van der Waals surface area contributed by atoms with Gasteiger partial charge >= 0.3 is 5.69 Å². The summed E-state index contributed by atoms with van der Waals surface area (Å²) in [7, 11) is 1.54. The van der Waals surface area contributed by atoms with Crippen molar-refractivity contribution in [2.75, 3.05) is 12.4 Å². The van der Waals surface area contributed by atoms with Crippen molar-refractivity contribution in [1.29, 1.82) is 0 Å². The maximum Gasteiger partial charge on any atom is 0.328 e. The van der Waals surface area contributed by atoms with Crippen LogP contribution in [0.15, 0.2) is 50.4 Å². The van der Waals surface area contributed by atoms with E-state index in [2.05, 4.69) is 15.3 Å². The van der Waals surface area contributed by atoms with Gasteiger partial charge in [-0.25, -0.2) is 9.78 Å². The number of aryl methyl sites for hydroxylation is 1. The number of aromatic nitrogens is 3. The van der Waals surface area contributed by atoms with E-state index in [1.54, 1.807) is 31.2 Å². The molecule has 1 aliphatic carbocycles. The summed E-state index contributed by atoms with van der Waals surface area (Å²) >= 11 is 0. The normalized spacial score (nSPS) is 18.3. The first-order chi connectivity index (χ1) is 16.4. The number of oxazole rings is 1. The molecule has 0 radical (unpaired) electrons. The van der Waals surface area contributed by atoms with Crippen molar-refractivity contribution in [2.45, 2.75) is 39.2 Å². The molecular formula is C25H26N4O5. The number of rotatable bonds is 5. The average molecular weight is 463 g/mol. The third kappa shape index (κ3) is 4.21. The summed E-state index contributed by atoms with van der Waals surface area (Å²) < 4.78 is 12.0. The van der Waals surface area contributed by atoms with Crippen LogP contribution in [-0.4, -0.2) is 27.6 Å². The zero-order valence-electron chi connectivity index (χ0n) is 19.1. The van der Waals surface area contributed by atoms with Crippen LogP contribution < -0.4 is 21.3 Å². The third-order valence-corrected chi connectivity index (χ3v) is 6.61. The van der Waals surface area contributed by atoms with Crippen molar-refractivity contribution in [3.63, 3.8) is 0 Å². The molecule has 1 fully saturated rings. The van der Waals surface area contributed by atoms with Gasteiger partial charge in [-0.1, -0.05) is 0 Å². The smallest absolute Gasteiger partial charge is 0.328 e. The molecule has 2 heterocycles. The van der Waals surface area contributed by atoms with Gasteiger partial charge in [-0.3, -0.25) is 14.2 Å². The quantitative estimate of drug-likeness (QED) is 0.468. The van der Waals surface area contributed by atoms with Crippen molar-refractivity contribution >= 4 is 33.6 Å². The van der Waals surface area contributed by atoms with Gasteiger partial charge in [-0.15, -0.1) is 0 Å². The van der Waals surface area contributed by atoms with E-state index in [9.17, 15) is 14.4 Å². The van der Waals surface area contributed by atoms with Gasteiger partial charge in [0.15, 0.2) is 11.5 Å². The predicted molar refractivity (Wildman–Crippen MR) is 128 cm³/mol. The first kappa shape index (κ1) is 21.9. The van der Waals surface area contributed by atoms with Crippen LogP contribution in [-0.2, 0) is 11.3 Å². The molecule has 2 aromatic carbocycles. The lowest BCUT2D eigenvalue weighted by molar-refractivity contribution is -0.121. The van der Waals surface area contributed by atoms with Crippen molar-refractivity contribution in [3.8, 4) is 5.75 Å². The maximum atomic E-state index is 13.0. The number of fused-ring (bicyclic) bond motifs is 2. The molecule has 9 nitrogen and oxygen atoms in total. The Kier molecular flexibility index (Phi) is 5.69. The van der Waals surface area contributed by atoms with Gasteiger partial charge in [0.05, 0.1) is 18.0 Å². The van der Waals surface area contributed by atoms with Crippen LogP contribution in [0, 0.1) is 18.8 Å². The first-order valence-corrected chi connectivity index (χ1v) is 11.4. The van der Waals surface area contributed by atoms with Crippen molar-refractivity contribution in [2.24, 2.45) is 11.8 Å². The second-order valence-corrected chi connectivity index (χ2v) is 8.88. The van der Waals surface area contributed by atoms with Crippen LogP contribution in [0.5, 0.6) is 5.75 Å². The maximum absolute atomic E-state index is 13.0. The Balaban J connectivity index is 1.24. The minimum absolute atomic E-state index is 0.0224. The fourth-order valence-corrected chi connectivity index (χ4v) is 4.75. The standard InChI is InChI=1S/C25H26N4O5/c1-14-26-21-11-17(7-10-22(21)34-14)27-23(30)16-5-3-15(4-6-16)13-29-24(31)19-12-18(33-2)8-9-20(19)28-25(29)32/h7-12,15-16H,3-6,13H2,1-2H3,(H,27,30)(H,28,32)/t15-,16-. The van der Waals surface area contributed by atoms with E-state index in [1.807, 2.05) is 12.1 Å². The van der Waals surface area contributed by atoms with Crippen molar-refractivity contribution in [3.05, 3.63) is 63.1 Å². The second-order valence-electron chi connectivity index (χ2n) is 8.88. The second kappa shape index (κ2) is 8.81. The Morgan fingerprint density at radius 3 is 2.74 bits per heavy atom. The molecule has 1 saturated carbocycles. The molecule has 0 unspecified atom stereocenters. The van der Waals surface area contributed by atoms with Gasteiger partial charge in [0, 0.05) is 25.1 Å². The van der Waals surface area contributed by atoms with Crippen LogP contribution in [0.4, 0.5) is 5.69 Å². The number of methoxy groups -OCH3 is 1. The number of carbonyl (C=O) groups excluding carboxylic acids is 1. The Morgan fingerprint density at radius 1 is 1.18 bits per heavy atom. The Hall–Kier alpha value is -3.88. The number of H-pyrrole nitrogens is 1. The number of nitrogens with zero attached hydrogens (tertiary/aromatic N) is 2. The van der Waals surface area contributed by atoms with Gasteiger partial charge in [-0.05, 0) is 68.0 Å². The summed E-state index contributed by atoms with van der Waals surface area (Å²) in [6.45, 7) is 2.12. The van der Waals surface area contributed by atoms with E-state index in [4.69, 9.17) is 9.15 Å². The number of carbonyl (C=O) groups is 1. The van der Waals surface area contributed by atoms with E-state index in [1.165, 1.54) is 11.7 Å². The highest BCUT2D eigenvalue weighted by Gasteiger charge is 2.27. The van der Waals surface area contributed by atoms with Crippen LogP contribution >= 0.6 is 0 Å². The van der Waals surface area contributed by atoms with E-state index < -0.39 is 5.69 Å². The highest BCUT2D eigenvalue weighted by molar-refractivity contribution is 5.94. The predicted octanol–water partition coefficient (Wildman–Crippen LogP) is 3.59. The van der Waals surface area contributed by atoms with Gasteiger partial charge in [0.2, 0.25) is 5.91 Å². The monoisotopic (exact) mass is 462 g/mol. The van der Waals surface area contributed by atoms with Crippen LogP contribution in [0.2, 0.25) is 0 Å². The molecule has 0 spiro atoms. The summed E-state index contributed by atoms with van der Waals surface area (Å²) in [4.78, 5) is 45.4. The molecule has 176 valence electrons. The van der Waals surface area contributed by atoms with E-state index in [-0.39, 0.29) is 23.3 Å². The van der Waals surface area contributed by atoms with Gasteiger partial charge in [-0.2, -0.15) is 0 Å². The Bertz CT molecular complexity index is 1490. The SMILES string of the molecule is COc1ccc2[nH]c(=O)n(C[C@H]3CC[C@H](C(=O)Nc4ccc5oc(C)nc5c4)CC3)c(=O)c2c1. The molecule has 2 N–H and O–H groups in total. The van der Waals surface area contributed by atoms with E-state index >= 15 is 0 Å². The highest BCUT2D eigenvalue weighted by atomic mass is 16.5. The number of nitrogens with one attached hydrogen (secondary N) is 2. The van der Waals surface area contributed by atoms with Crippen molar-refractivity contribution < 1.29 is 13.9 Å². The lowest BCUT2D eigenvalue weighted by Crippen LogP contribution is -2.38. The molecule has 0 atom stereocenters. The minimum Gasteiger partial charge on any atom is -0.497 e. The van der Waals surface area contributed by atoms with E-state index in [0.29, 0.717) is 58.7 Å². The minimum atomic E-state index is -0.416. The zero-order valence-corrected chi connectivity index (χ0v) is 19.1. The molecule has 0 bridgehead atoms. The molecule has 1 aliphatic rings. The van der Waals surface area contributed by atoms with Crippen LogP contribution in [0.1, 0.15) is 31.6 Å². The van der Waals surface area contributed by atoms with Gasteiger partial charge in [0.25, 0.3) is 5.56 Å². The lowest BCUT2D eigenvalue weighted by Gasteiger charge is -2.28. The summed E-state index contributed by atoms with van der Waals surface area (Å²) in [5.41, 5.74) is 1.84.